The zero-order valence-electron chi connectivity index (χ0n) is 17.7. The van der Waals surface area contributed by atoms with E-state index in [4.69, 9.17) is 9.47 Å². The van der Waals surface area contributed by atoms with Crippen LogP contribution in [-0.4, -0.2) is 55.0 Å². The number of rotatable bonds is 5. The van der Waals surface area contributed by atoms with Gasteiger partial charge in [-0.2, -0.15) is 5.10 Å². The number of methoxy groups -OCH3 is 2. The second-order valence-electron chi connectivity index (χ2n) is 7.25. The lowest BCUT2D eigenvalue weighted by molar-refractivity contribution is 0.392. The molecule has 1 N–H and O–H groups in total. The molecule has 3 rings (SSSR count). The minimum absolute atomic E-state index is 0.421. The molecule has 1 aliphatic heterocycles. The molecule has 1 aromatic carbocycles. The highest BCUT2D eigenvalue weighted by molar-refractivity contribution is 5.80. The van der Waals surface area contributed by atoms with Gasteiger partial charge in [0.15, 0.2) is 5.96 Å². The van der Waals surface area contributed by atoms with Gasteiger partial charge in [-0.15, -0.1) is 0 Å². The Labute approximate surface area is 167 Å². The summed E-state index contributed by atoms with van der Waals surface area (Å²) in [5.74, 6) is 3.01. The Bertz CT molecular complexity index is 836. The van der Waals surface area contributed by atoms with Crippen molar-refractivity contribution in [2.24, 2.45) is 12.0 Å². The van der Waals surface area contributed by atoms with Crippen molar-refractivity contribution in [1.29, 1.82) is 0 Å². The van der Waals surface area contributed by atoms with Gasteiger partial charge in [-0.05, 0) is 38.0 Å². The normalized spacial score (nSPS) is 17.1. The topological polar surface area (TPSA) is 63.9 Å². The maximum absolute atomic E-state index is 5.43. The molecule has 7 nitrogen and oxygen atoms in total. The molecule has 1 unspecified atom stereocenters. The third kappa shape index (κ3) is 4.08. The Morgan fingerprint density at radius 3 is 2.43 bits per heavy atom. The zero-order valence-corrected chi connectivity index (χ0v) is 17.7. The van der Waals surface area contributed by atoms with Crippen LogP contribution in [0.25, 0.3) is 0 Å². The lowest BCUT2D eigenvalue weighted by Gasteiger charge is -2.22. The van der Waals surface area contributed by atoms with E-state index in [1.807, 2.05) is 24.8 Å². The fourth-order valence-corrected chi connectivity index (χ4v) is 3.86. The minimum Gasteiger partial charge on any atom is -0.497 e. The molecule has 1 fully saturated rings. The average molecular weight is 386 g/mol. The Morgan fingerprint density at radius 1 is 1.21 bits per heavy atom. The molecule has 7 heteroatoms. The second kappa shape index (κ2) is 8.54. The minimum atomic E-state index is 0.421. The average Bonchev–Trinajstić information content (AvgIpc) is 3.28. The van der Waals surface area contributed by atoms with Crippen molar-refractivity contribution in [3.05, 3.63) is 40.7 Å². The quantitative estimate of drug-likeness (QED) is 0.633. The van der Waals surface area contributed by atoms with Crippen molar-refractivity contribution < 1.29 is 9.47 Å². The van der Waals surface area contributed by atoms with E-state index in [1.54, 1.807) is 14.2 Å². The molecule has 0 amide bonds. The summed E-state index contributed by atoms with van der Waals surface area (Å²) in [4.78, 5) is 6.82. The summed E-state index contributed by atoms with van der Waals surface area (Å²) in [5, 5.41) is 8.01. The molecule has 0 spiro atoms. The van der Waals surface area contributed by atoms with Gasteiger partial charge in [0.1, 0.15) is 11.5 Å². The molecule has 152 valence electrons. The number of aryl methyl sites for hydroxylation is 2. The van der Waals surface area contributed by atoms with E-state index < -0.39 is 0 Å². The number of hydrogen-bond donors (Lipinski definition) is 1. The fraction of sp³-hybridized carbons (Fsp3) is 0.524. The molecule has 0 bridgehead atoms. The van der Waals surface area contributed by atoms with Crippen molar-refractivity contribution in [3.8, 4) is 11.5 Å². The SMILES string of the molecule is CN=C(NCc1c(C)nn(C)c1C)N1CCC(c2cc(OC)cc(OC)c2)C1. The molecule has 0 radical (unpaired) electrons. The van der Waals surface area contributed by atoms with Crippen LogP contribution in [0.1, 0.15) is 34.9 Å². The second-order valence-corrected chi connectivity index (χ2v) is 7.25. The van der Waals surface area contributed by atoms with E-state index in [1.165, 1.54) is 16.8 Å². The highest BCUT2D eigenvalue weighted by atomic mass is 16.5. The highest BCUT2D eigenvalue weighted by Crippen LogP contribution is 2.32. The number of guanidine groups is 1. The van der Waals surface area contributed by atoms with Crippen LogP contribution in [0.5, 0.6) is 11.5 Å². The van der Waals surface area contributed by atoms with Crippen LogP contribution in [0, 0.1) is 13.8 Å². The van der Waals surface area contributed by atoms with Gasteiger partial charge >= 0.3 is 0 Å². The van der Waals surface area contributed by atoms with Gasteiger partial charge in [-0.25, -0.2) is 0 Å². The number of likely N-dealkylation sites (tertiary alicyclic amines) is 1. The molecule has 1 atom stereocenters. The van der Waals surface area contributed by atoms with Gasteiger partial charge in [0.05, 0.1) is 19.9 Å². The molecular formula is C21H31N5O2. The molecule has 28 heavy (non-hydrogen) atoms. The van der Waals surface area contributed by atoms with Crippen molar-refractivity contribution in [2.75, 3.05) is 34.4 Å². The first-order valence-corrected chi connectivity index (χ1v) is 9.64. The standard InChI is InChI=1S/C21H31N5O2/c1-14-20(15(2)25(4)24-14)12-23-21(22-3)26-8-7-16(13-26)17-9-18(27-5)11-19(10-17)28-6/h9-11,16H,7-8,12-13H2,1-6H3,(H,22,23). The van der Waals surface area contributed by atoms with Crippen LogP contribution in [-0.2, 0) is 13.6 Å². The summed E-state index contributed by atoms with van der Waals surface area (Å²) < 4.78 is 12.8. The van der Waals surface area contributed by atoms with E-state index in [-0.39, 0.29) is 0 Å². The van der Waals surface area contributed by atoms with Crippen LogP contribution in [0.3, 0.4) is 0 Å². The number of hydrogen-bond acceptors (Lipinski definition) is 4. The summed E-state index contributed by atoms with van der Waals surface area (Å²) in [5.41, 5.74) is 4.72. The van der Waals surface area contributed by atoms with Crippen molar-refractivity contribution in [1.82, 2.24) is 20.0 Å². The van der Waals surface area contributed by atoms with E-state index in [2.05, 4.69) is 46.3 Å². The molecule has 0 saturated carbocycles. The van der Waals surface area contributed by atoms with Crippen LogP contribution in [0.4, 0.5) is 0 Å². The first-order valence-electron chi connectivity index (χ1n) is 9.64. The number of aromatic nitrogens is 2. The monoisotopic (exact) mass is 385 g/mol. The van der Waals surface area contributed by atoms with Gasteiger partial charge in [0.25, 0.3) is 0 Å². The van der Waals surface area contributed by atoms with Crippen molar-refractivity contribution >= 4 is 5.96 Å². The molecule has 1 aliphatic rings. The highest BCUT2D eigenvalue weighted by Gasteiger charge is 2.27. The van der Waals surface area contributed by atoms with E-state index in [0.717, 1.165) is 49.2 Å². The number of ether oxygens (including phenoxy) is 2. The first kappa shape index (κ1) is 20.0. The summed E-state index contributed by atoms with van der Waals surface area (Å²) in [7, 11) is 7.20. The van der Waals surface area contributed by atoms with Gasteiger partial charge in [-0.3, -0.25) is 9.67 Å². The maximum Gasteiger partial charge on any atom is 0.193 e. The van der Waals surface area contributed by atoms with E-state index in [9.17, 15) is 0 Å². The summed E-state index contributed by atoms with van der Waals surface area (Å²) >= 11 is 0. The Kier molecular flexibility index (Phi) is 6.11. The third-order valence-corrected chi connectivity index (χ3v) is 5.63. The van der Waals surface area contributed by atoms with Crippen LogP contribution in [0.2, 0.25) is 0 Å². The van der Waals surface area contributed by atoms with Crippen LogP contribution < -0.4 is 14.8 Å². The van der Waals surface area contributed by atoms with E-state index in [0.29, 0.717) is 5.92 Å². The Morgan fingerprint density at radius 2 is 1.89 bits per heavy atom. The maximum atomic E-state index is 5.43. The Hall–Kier alpha value is -2.70. The third-order valence-electron chi connectivity index (χ3n) is 5.63. The van der Waals surface area contributed by atoms with Gasteiger partial charge in [0, 0.05) is 57.0 Å². The van der Waals surface area contributed by atoms with Gasteiger partial charge in [0.2, 0.25) is 0 Å². The molecule has 0 aliphatic carbocycles. The molecule has 2 aromatic rings. The van der Waals surface area contributed by atoms with Crippen molar-refractivity contribution in [2.45, 2.75) is 32.7 Å². The van der Waals surface area contributed by atoms with Crippen LogP contribution >= 0.6 is 0 Å². The Balaban J connectivity index is 1.68. The van der Waals surface area contributed by atoms with Gasteiger partial charge < -0.3 is 19.7 Å². The zero-order chi connectivity index (χ0) is 20.3. The first-order chi connectivity index (χ1) is 13.5. The number of benzene rings is 1. The summed E-state index contributed by atoms with van der Waals surface area (Å²) in [6.45, 7) is 6.76. The molecule has 2 heterocycles. The van der Waals surface area contributed by atoms with Crippen LogP contribution in [0.15, 0.2) is 23.2 Å². The largest absolute Gasteiger partial charge is 0.497 e. The molecular weight excluding hydrogens is 354 g/mol. The van der Waals surface area contributed by atoms with Gasteiger partial charge in [-0.1, -0.05) is 0 Å². The lowest BCUT2D eigenvalue weighted by Crippen LogP contribution is -2.39. The van der Waals surface area contributed by atoms with Crippen molar-refractivity contribution in [3.63, 3.8) is 0 Å². The number of nitrogens with one attached hydrogen (secondary N) is 1. The number of nitrogens with zero attached hydrogens (tertiary/aromatic N) is 4. The smallest absolute Gasteiger partial charge is 0.193 e. The summed E-state index contributed by atoms with van der Waals surface area (Å²) in [6, 6.07) is 6.12. The van der Waals surface area contributed by atoms with E-state index >= 15 is 0 Å². The fourth-order valence-electron chi connectivity index (χ4n) is 3.86. The predicted molar refractivity (Wildman–Crippen MR) is 111 cm³/mol. The molecule has 1 aromatic heterocycles. The molecule has 1 saturated heterocycles. The predicted octanol–water partition coefficient (Wildman–Crippen LogP) is 2.62. The summed E-state index contributed by atoms with van der Waals surface area (Å²) in [6.07, 6.45) is 1.07. The lowest BCUT2D eigenvalue weighted by atomic mass is 9.98. The number of aliphatic imine (C=N–C) groups is 1.